The average Bonchev–Trinajstić information content (AvgIpc) is 2.34. The third-order valence-corrected chi connectivity index (χ3v) is 13.2. The van der Waals surface area contributed by atoms with E-state index < -0.39 is 8.09 Å². The van der Waals surface area contributed by atoms with Gasteiger partial charge in [-0.2, -0.15) is 5.10 Å². The second-order valence-electron chi connectivity index (χ2n) is 3.17. The first-order chi connectivity index (χ1) is 6.07. The molecule has 0 unspecified atom stereocenters. The van der Waals surface area contributed by atoms with Crippen LogP contribution >= 0.6 is 39.5 Å². The molecule has 2 nitrogen and oxygen atoms in total. The number of hydrogen-bond acceptors (Lipinski definition) is 4. The Morgan fingerprint density at radius 1 is 1.54 bits per heavy atom. The van der Waals surface area contributed by atoms with E-state index in [2.05, 4.69) is 23.8 Å². The minimum Gasteiger partial charge on any atom is -0.274 e. The van der Waals surface area contributed by atoms with E-state index in [-0.39, 0.29) is 0 Å². The van der Waals surface area contributed by atoms with Crippen LogP contribution in [-0.2, 0) is 12.8 Å². The number of rotatable bonds is 0. The predicted molar refractivity (Wildman–Crippen MR) is 67.4 cm³/mol. The smallest absolute Gasteiger partial charge is 0.0876 e. The van der Waals surface area contributed by atoms with Gasteiger partial charge in [-0.25, -0.2) is 0 Å². The van der Waals surface area contributed by atoms with Gasteiger partial charge in [0, 0.05) is 19.0 Å². The van der Waals surface area contributed by atoms with Crippen LogP contribution in [0.5, 0.6) is 0 Å². The van der Waals surface area contributed by atoms with Crippen LogP contribution in [0.15, 0.2) is 11.1 Å². The Hall–Kier alpha value is 0.610. The lowest BCUT2D eigenvalue weighted by Gasteiger charge is -2.25. The van der Waals surface area contributed by atoms with Gasteiger partial charge in [-0.05, 0) is 33.1 Å². The van der Waals surface area contributed by atoms with Crippen molar-refractivity contribution in [3.05, 3.63) is 11.9 Å². The lowest BCUT2D eigenvalue weighted by molar-refractivity contribution is 0.755. The average molecular weight is 252 g/mol. The molecule has 0 bridgehead atoms. The summed E-state index contributed by atoms with van der Waals surface area (Å²) in [6, 6.07) is 0. The normalized spacial score (nSPS) is 23.3. The first kappa shape index (κ1) is 10.1. The molecule has 2 rings (SSSR count). The Kier molecular flexibility index (Phi) is 2.84. The maximum Gasteiger partial charge on any atom is 0.0876 e. The Labute approximate surface area is 91.1 Å². The SMILES string of the molecule is Cn1cc2c(n1)CSS(C)(C)SS2. The van der Waals surface area contributed by atoms with Crippen LogP contribution in [0.1, 0.15) is 5.69 Å². The zero-order valence-corrected chi connectivity index (χ0v) is 11.1. The maximum absolute atomic E-state index is 4.45. The third-order valence-electron chi connectivity index (χ3n) is 1.63. The molecule has 0 radical (unpaired) electrons. The van der Waals surface area contributed by atoms with Crippen LogP contribution in [0.2, 0.25) is 0 Å². The van der Waals surface area contributed by atoms with Gasteiger partial charge in [0.15, 0.2) is 0 Å². The van der Waals surface area contributed by atoms with Crippen molar-refractivity contribution >= 4 is 39.5 Å². The Morgan fingerprint density at radius 3 is 3.08 bits per heavy atom. The van der Waals surface area contributed by atoms with E-state index in [4.69, 9.17) is 0 Å². The van der Waals surface area contributed by atoms with Gasteiger partial charge in [0.05, 0.1) is 10.6 Å². The van der Waals surface area contributed by atoms with Crippen LogP contribution in [0.4, 0.5) is 0 Å². The van der Waals surface area contributed by atoms with Gasteiger partial charge in [-0.15, -0.1) is 8.09 Å². The van der Waals surface area contributed by atoms with Gasteiger partial charge in [0.1, 0.15) is 0 Å². The molecule has 0 saturated carbocycles. The van der Waals surface area contributed by atoms with Crippen molar-refractivity contribution in [3.63, 3.8) is 0 Å². The van der Waals surface area contributed by atoms with E-state index in [0.717, 1.165) is 5.75 Å². The number of fused-ring (bicyclic) bond motifs is 1. The van der Waals surface area contributed by atoms with Crippen LogP contribution in [-0.4, -0.2) is 22.3 Å². The molecule has 13 heavy (non-hydrogen) atoms. The Balaban J connectivity index is 2.24. The van der Waals surface area contributed by atoms with E-state index in [1.807, 2.05) is 43.1 Å². The molecule has 1 aliphatic heterocycles. The highest BCUT2D eigenvalue weighted by Gasteiger charge is 2.22. The highest BCUT2D eigenvalue weighted by molar-refractivity contribution is 9.37. The summed E-state index contributed by atoms with van der Waals surface area (Å²) in [5, 5.41) is 4.45. The summed E-state index contributed by atoms with van der Waals surface area (Å²) in [6.07, 6.45) is 6.82. The molecule has 1 aromatic rings. The fourth-order valence-corrected chi connectivity index (χ4v) is 9.56. The summed E-state index contributed by atoms with van der Waals surface area (Å²) in [6.45, 7) is 0. The molecule has 0 atom stereocenters. The van der Waals surface area contributed by atoms with E-state index in [1.54, 1.807) is 0 Å². The second kappa shape index (κ2) is 3.64. The van der Waals surface area contributed by atoms with Gasteiger partial charge in [-0.1, -0.05) is 10.8 Å². The van der Waals surface area contributed by atoms with Gasteiger partial charge in [0.25, 0.3) is 0 Å². The van der Waals surface area contributed by atoms with Crippen molar-refractivity contribution in [1.82, 2.24) is 9.78 Å². The molecule has 2 heterocycles. The highest BCUT2D eigenvalue weighted by atomic mass is 33.7. The van der Waals surface area contributed by atoms with Crippen molar-refractivity contribution in [2.75, 3.05) is 12.5 Å². The quantitative estimate of drug-likeness (QED) is 0.659. The number of hydrogen-bond donors (Lipinski definition) is 0. The van der Waals surface area contributed by atoms with E-state index in [1.165, 1.54) is 10.6 Å². The third kappa shape index (κ3) is 2.34. The molecule has 0 spiro atoms. The summed E-state index contributed by atoms with van der Waals surface area (Å²) in [4.78, 5) is 1.35. The van der Waals surface area contributed by atoms with Gasteiger partial charge in [-0.3, -0.25) is 4.68 Å². The molecular formula is C7H12N2S4. The number of aromatic nitrogens is 2. The zero-order chi connectivity index (χ0) is 9.47. The largest absolute Gasteiger partial charge is 0.274 e. The molecule has 74 valence electrons. The molecule has 1 aliphatic rings. The Morgan fingerprint density at radius 2 is 2.31 bits per heavy atom. The molecule has 6 heteroatoms. The maximum atomic E-state index is 4.45. The molecule has 0 saturated heterocycles. The molecule has 1 aromatic heterocycles. The molecular weight excluding hydrogens is 240 g/mol. The summed E-state index contributed by atoms with van der Waals surface area (Å²) in [7, 11) is 7.41. The topological polar surface area (TPSA) is 17.8 Å². The minimum absolute atomic E-state index is 0.523. The van der Waals surface area contributed by atoms with E-state index in [9.17, 15) is 0 Å². The van der Waals surface area contributed by atoms with Crippen molar-refractivity contribution in [3.8, 4) is 0 Å². The van der Waals surface area contributed by atoms with Crippen LogP contribution in [0.25, 0.3) is 0 Å². The predicted octanol–water partition coefficient (Wildman–Crippen LogP) is 3.30. The second-order valence-corrected chi connectivity index (χ2v) is 15.2. The lowest BCUT2D eigenvalue weighted by atomic mass is 10.5. The fourth-order valence-electron chi connectivity index (χ4n) is 1.02. The lowest BCUT2D eigenvalue weighted by Crippen LogP contribution is -1.90. The first-order valence-corrected chi connectivity index (χ1v) is 10.4. The molecule has 0 aromatic carbocycles. The van der Waals surface area contributed by atoms with E-state index in [0.29, 0.717) is 0 Å². The summed E-state index contributed by atoms with van der Waals surface area (Å²) in [5.41, 5.74) is 1.25. The number of nitrogens with zero attached hydrogens (tertiary/aromatic N) is 2. The monoisotopic (exact) mass is 252 g/mol. The van der Waals surface area contributed by atoms with Crippen LogP contribution < -0.4 is 0 Å². The summed E-state index contributed by atoms with van der Waals surface area (Å²) >= 11 is 0. The highest BCUT2D eigenvalue weighted by Crippen LogP contribution is 2.72. The van der Waals surface area contributed by atoms with Crippen molar-refractivity contribution in [1.29, 1.82) is 0 Å². The Bertz CT molecular complexity index is 293. The summed E-state index contributed by atoms with van der Waals surface area (Å²) < 4.78 is 1.91. The fraction of sp³-hybridized carbons (Fsp3) is 0.571. The standard InChI is InChI=1S/C7H12N2S4/c1-9-4-7-6(8-9)5-10-13(2,3)12-11-7/h4H,5H2,1-3H3. The van der Waals surface area contributed by atoms with Gasteiger partial charge >= 0.3 is 0 Å². The molecule has 0 N–H and O–H groups in total. The van der Waals surface area contributed by atoms with Crippen LogP contribution in [0, 0.1) is 0 Å². The minimum atomic E-state index is -0.523. The summed E-state index contributed by atoms with van der Waals surface area (Å²) in [5.74, 6) is 1.07. The van der Waals surface area contributed by atoms with Gasteiger partial charge in [0.2, 0.25) is 0 Å². The van der Waals surface area contributed by atoms with Crippen molar-refractivity contribution in [2.24, 2.45) is 7.05 Å². The van der Waals surface area contributed by atoms with Crippen LogP contribution in [0.3, 0.4) is 0 Å². The van der Waals surface area contributed by atoms with Gasteiger partial charge < -0.3 is 0 Å². The first-order valence-electron chi connectivity index (χ1n) is 3.83. The number of aryl methyl sites for hydroxylation is 1. The van der Waals surface area contributed by atoms with E-state index >= 15 is 0 Å². The molecule has 0 fully saturated rings. The van der Waals surface area contributed by atoms with Crippen molar-refractivity contribution in [2.45, 2.75) is 10.6 Å². The molecule has 0 amide bonds. The van der Waals surface area contributed by atoms with Crippen molar-refractivity contribution < 1.29 is 0 Å². The zero-order valence-electron chi connectivity index (χ0n) is 7.81. The molecule has 0 aliphatic carbocycles.